The second-order valence-corrected chi connectivity index (χ2v) is 6.32. The molecule has 0 radical (unpaired) electrons. The molecule has 2 heterocycles. The van der Waals surface area contributed by atoms with Crippen molar-refractivity contribution < 1.29 is 4.42 Å². The summed E-state index contributed by atoms with van der Waals surface area (Å²) in [6.45, 7) is 8.23. The first-order chi connectivity index (χ1) is 9.31. The summed E-state index contributed by atoms with van der Waals surface area (Å²) >= 11 is 0. The van der Waals surface area contributed by atoms with Crippen molar-refractivity contribution in [1.82, 2.24) is 9.80 Å². The van der Waals surface area contributed by atoms with Gasteiger partial charge in [-0.2, -0.15) is 0 Å². The Morgan fingerprint density at radius 1 is 1.21 bits per heavy atom. The summed E-state index contributed by atoms with van der Waals surface area (Å²) in [5.41, 5.74) is 0. The highest BCUT2D eigenvalue weighted by molar-refractivity contribution is 4.98. The Bertz CT molecular complexity index is 368. The first-order valence-corrected chi connectivity index (χ1v) is 7.80. The zero-order valence-corrected chi connectivity index (χ0v) is 12.1. The molecule has 0 bridgehead atoms. The monoisotopic (exact) mass is 262 g/mol. The van der Waals surface area contributed by atoms with Gasteiger partial charge in [-0.25, -0.2) is 0 Å². The molecule has 1 saturated heterocycles. The van der Waals surface area contributed by atoms with Gasteiger partial charge >= 0.3 is 0 Å². The van der Waals surface area contributed by atoms with E-state index in [4.69, 9.17) is 4.42 Å². The Morgan fingerprint density at radius 3 is 2.74 bits per heavy atom. The van der Waals surface area contributed by atoms with Crippen LogP contribution in [0.15, 0.2) is 22.8 Å². The molecule has 0 aromatic carbocycles. The van der Waals surface area contributed by atoms with Crippen LogP contribution in [0.2, 0.25) is 0 Å². The van der Waals surface area contributed by atoms with Crippen LogP contribution in [-0.2, 0) is 6.54 Å². The number of nitrogens with zero attached hydrogens (tertiary/aromatic N) is 2. The normalized spacial score (nSPS) is 30.6. The molecular weight excluding hydrogens is 236 g/mol. The SMILES string of the molecule is CC1CCCC(N2CCN(Cc3ccco3)CC2)C1. The second-order valence-electron chi connectivity index (χ2n) is 6.32. The number of hydrogen-bond acceptors (Lipinski definition) is 3. The van der Waals surface area contributed by atoms with Crippen molar-refractivity contribution in [3.63, 3.8) is 0 Å². The largest absolute Gasteiger partial charge is 0.468 e. The van der Waals surface area contributed by atoms with Crippen molar-refractivity contribution in [2.45, 2.75) is 45.2 Å². The topological polar surface area (TPSA) is 19.6 Å². The van der Waals surface area contributed by atoms with Gasteiger partial charge in [-0.1, -0.05) is 19.8 Å². The fraction of sp³-hybridized carbons (Fsp3) is 0.750. The number of rotatable bonds is 3. The van der Waals surface area contributed by atoms with E-state index < -0.39 is 0 Å². The molecule has 1 aromatic rings. The van der Waals surface area contributed by atoms with Gasteiger partial charge in [-0.3, -0.25) is 9.80 Å². The van der Waals surface area contributed by atoms with Crippen LogP contribution in [0.5, 0.6) is 0 Å². The molecule has 2 aliphatic rings. The van der Waals surface area contributed by atoms with Crippen LogP contribution >= 0.6 is 0 Å². The van der Waals surface area contributed by atoms with Crippen LogP contribution < -0.4 is 0 Å². The van der Waals surface area contributed by atoms with Gasteiger partial charge in [0.25, 0.3) is 0 Å². The lowest BCUT2D eigenvalue weighted by Gasteiger charge is -2.41. The standard InChI is InChI=1S/C16H26N2O/c1-14-4-2-5-15(12-14)18-9-7-17(8-10-18)13-16-6-3-11-19-16/h3,6,11,14-15H,2,4-5,7-10,12-13H2,1H3. The molecule has 2 atom stereocenters. The maximum absolute atomic E-state index is 5.44. The highest BCUT2D eigenvalue weighted by atomic mass is 16.3. The molecular formula is C16H26N2O. The predicted molar refractivity (Wildman–Crippen MR) is 77.0 cm³/mol. The molecule has 1 aromatic heterocycles. The summed E-state index contributed by atoms with van der Waals surface area (Å²) in [6, 6.07) is 4.92. The Morgan fingerprint density at radius 2 is 2.05 bits per heavy atom. The van der Waals surface area contributed by atoms with Crippen molar-refractivity contribution >= 4 is 0 Å². The van der Waals surface area contributed by atoms with Gasteiger partial charge in [0.15, 0.2) is 0 Å². The van der Waals surface area contributed by atoms with Crippen molar-refractivity contribution in [1.29, 1.82) is 0 Å². The average molecular weight is 262 g/mol. The zero-order valence-electron chi connectivity index (χ0n) is 12.1. The molecule has 19 heavy (non-hydrogen) atoms. The quantitative estimate of drug-likeness (QED) is 0.835. The molecule has 2 unspecified atom stereocenters. The lowest BCUT2D eigenvalue weighted by atomic mass is 9.86. The van der Waals surface area contributed by atoms with Crippen LogP contribution in [0.4, 0.5) is 0 Å². The lowest BCUT2D eigenvalue weighted by molar-refractivity contribution is 0.0631. The minimum absolute atomic E-state index is 0.856. The van der Waals surface area contributed by atoms with E-state index >= 15 is 0 Å². The lowest BCUT2D eigenvalue weighted by Crippen LogP contribution is -2.50. The molecule has 0 amide bonds. The number of hydrogen-bond donors (Lipinski definition) is 0. The number of piperazine rings is 1. The summed E-state index contributed by atoms with van der Waals surface area (Å²) in [6.07, 6.45) is 7.48. The van der Waals surface area contributed by atoms with Gasteiger partial charge in [0.2, 0.25) is 0 Å². The Hall–Kier alpha value is -0.800. The molecule has 3 nitrogen and oxygen atoms in total. The summed E-state index contributed by atoms with van der Waals surface area (Å²) in [4.78, 5) is 5.25. The summed E-state index contributed by atoms with van der Waals surface area (Å²) in [5.74, 6) is 2.03. The summed E-state index contributed by atoms with van der Waals surface area (Å²) in [5, 5.41) is 0. The van der Waals surface area contributed by atoms with E-state index in [1.165, 1.54) is 51.9 Å². The minimum Gasteiger partial charge on any atom is -0.468 e. The molecule has 1 aliphatic heterocycles. The number of furan rings is 1. The first-order valence-electron chi connectivity index (χ1n) is 7.80. The smallest absolute Gasteiger partial charge is 0.117 e. The minimum atomic E-state index is 0.856. The Kier molecular flexibility index (Phi) is 4.24. The van der Waals surface area contributed by atoms with Crippen molar-refractivity contribution in [3.05, 3.63) is 24.2 Å². The van der Waals surface area contributed by atoms with Gasteiger partial charge in [0, 0.05) is 32.2 Å². The zero-order chi connectivity index (χ0) is 13.1. The highest BCUT2D eigenvalue weighted by Crippen LogP contribution is 2.28. The molecule has 3 rings (SSSR count). The van der Waals surface area contributed by atoms with E-state index in [1.807, 2.05) is 6.07 Å². The summed E-state index contributed by atoms with van der Waals surface area (Å²) < 4.78 is 5.44. The van der Waals surface area contributed by atoms with Crippen LogP contribution in [0, 0.1) is 5.92 Å². The second kappa shape index (κ2) is 6.10. The van der Waals surface area contributed by atoms with E-state index in [0.29, 0.717) is 0 Å². The van der Waals surface area contributed by atoms with Crippen LogP contribution in [0.3, 0.4) is 0 Å². The van der Waals surface area contributed by atoms with Gasteiger partial charge in [-0.15, -0.1) is 0 Å². The maximum Gasteiger partial charge on any atom is 0.117 e. The van der Waals surface area contributed by atoms with Crippen molar-refractivity contribution in [2.75, 3.05) is 26.2 Å². The molecule has 3 heteroatoms. The molecule has 0 spiro atoms. The van der Waals surface area contributed by atoms with E-state index in [9.17, 15) is 0 Å². The average Bonchev–Trinajstić information content (AvgIpc) is 2.92. The van der Waals surface area contributed by atoms with E-state index in [0.717, 1.165) is 24.3 Å². The molecule has 0 N–H and O–H groups in total. The van der Waals surface area contributed by atoms with Crippen molar-refractivity contribution in [2.24, 2.45) is 5.92 Å². The van der Waals surface area contributed by atoms with Gasteiger partial charge in [0.1, 0.15) is 5.76 Å². The van der Waals surface area contributed by atoms with E-state index in [2.05, 4.69) is 22.8 Å². The fourth-order valence-electron chi connectivity index (χ4n) is 3.64. The van der Waals surface area contributed by atoms with Crippen LogP contribution in [-0.4, -0.2) is 42.0 Å². The fourth-order valence-corrected chi connectivity index (χ4v) is 3.64. The van der Waals surface area contributed by atoms with Crippen molar-refractivity contribution in [3.8, 4) is 0 Å². The molecule has 2 fully saturated rings. The molecule has 106 valence electrons. The van der Waals surface area contributed by atoms with E-state index in [1.54, 1.807) is 6.26 Å². The van der Waals surface area contributed by atoms with E-state index in [-0.39, 0.29) is 0 Å². The third-order valence-corrected chi connectivity index (χ3v) is 4.79. The van der Waals surface area contributed by atoms with Gasteiger partial charge in [0.05, 0.1) is 12.8 Å². The van der Waals surface area contributed by atoms with Gasteiger partial charge in [-0.05, 0) is 30.9 Å². The highest BCUT2D eigenvalue weighted by Gasteiger charge is 2.27. The molecule has 1 saturated carbocycles. The Balaban J connectivity index is 1.46. The third kappa shape index (κ3) is 3.40. The Labute approximate surface area is 116 Å². The van der Waals surface area contributed by atoms with Crippen LogP contribution in [0.1, 0.15) is 38.4 Å². The van der Waals surface area contributed by atoms with Gasteiger partial charge < -0.3 is 4.42 Å². The third-order valence-electron chi connectivity index (χ3n) is 4.79. The predicted octanol–water partition coefficient (Wildman–Crippen LogP) is 2.98. The first kappa shape index (κ1) is 13.2. The maximum atomic E-state index is 5.44. The summed E-state index contributed by atoms with van der Waals surface area (Å²) in [7, 11) is 0. The van der Waals surface area contributed by atoms with Crippen LogP contribution in [0.25, 0.3) is 0 Å². The molecule has 1 aliphatic carbocycles.